The number of hydrogen-bond donors (Lipinski definition) is 1. The lowest BCUT2D eigenvalue weighted by atomic mass is 10.3. The molecule has 0 radical (unpaired) electrons. The number of carbonyl (C=O) groups excluding carboxylic acids is 1. The van der Waals surface area contributed by atoms with E-state index in [1.807, 2.05) is 12.1 Å². The van der Waals surface area contributed by atoms with Gasteiger partial charge in [-0.05, 0) is 19.1 Å². The summed E-state index contributed by atoms with van der Waals surface area (Å²) in [6, 6.07) is 3.53. The van der Waals surface area contributed by atoms with Gasteiger partial charge in [-0.15, -0.1) is 5.92 Å². The number of anilines is 1. The SMILES string of the molecule is CC#CC1CNC(=O)N1c1nc2c(ccc3nccnc32)s1. The fourth-order valence-electron chi connectivity index (χ4n) is 2.52. The Morgan fingerprint density at radius 2 is 2.18 bits per heavy atom. The van der Waals surface area contributed by atoms with E-state index in [4.69, 9.17) is 0 Å². The van der Waals surface area contributed by atoms with Crippen molar-refractivity contribution in [3.63, 3.8) is 0 Å². The molecule has 6 nitrogen and oxygen atoms in total. The molecule has 4 rings (SSSR count). The topological polar surface area (TPSA) is 71.0 Å². The Bertz CT molecular complexity index is 955. The molecule has 0 aliphatic carbocycles. The van der Waals surface area contributed by atoms with Crippen molar-refractivity contribution in [2.75, 3.05) is 11.4 Å². The van der Waals surface area contributed by atoms with Gasteiger partial charge in [0.2, 0.25) is 0 Å². The maximum Gasteiger partial charge on any atom is 0.324 e. The summed E-state index contributed by atoms with van der Waals surface area (Å²) in [5.41, 5.74) is 2.32. The van der Waals surface area contributed by atoms with Crippen LogP contribution in [0.1, 0.15) is 6.92 Å². The van der Waals surface area contributed by atoms with Crippen LogP contribution < -0.4 is 10.2 Å². The molecule has 1 aliphatic heterocycles. The minimum absolute atomic E-state index is 0.165. The van der Waals surface area contributed by atoms with E-state index in [1.165, 1.54) is 11.3 Å². The number of fused-ring (bicyclic) bond motifs is 3. The molecule has 1 atom stereocenters. The first-order valence-electron chi connectivity index (χ1n) is 6.77. The lowest BCUT2D eigenvalue weighted by Crippen LogP contribution is -2.33. The third-order valence-electron chi connectivity index (χ3n) is 3.48. The second-order valence-electron chi connectivity index (χ2n) is 4.80. The van der Waals surface area contributed by atoms with Gasteiger partial charge in [-0.3, -0.25) is 14.9 Å². The quantitative estimate of drug-likeness (QED) is 0.699. The summed E-state index contributed by atoms with van der Waals surface area (Å²) in [7, 11) is 0. The van der Waals surface area contributed by atoms with E-state index in [2.05, 4.69) is 32.1 Å². The molecule has 22 heavy (non-hydrogen) atoms. The zero-order valence-corrected chi connectivity index (χ0v) is 12.5. The van der Waals surface area contributed by atoms with E-state index in [-0.39, 0.29) is 12.1 Å². The summed E-state index contributed by atoms with van der Waals surface area (Å²) in [5, 5.41) is 3.44. The molecule has 3 heterocycles. The number of nitrogens with one attached hydrogen (secondary N) is 1. The number of carbonyl (C=O) groups is 1. The molecular weight excluding hydrogens is 298 g/mol. The molecule has 7 heteroatoms. The fraction of sp³-hybridized carbons (Fsp3) is 0.200. The Kier molecular flexibility index (Phi) is 2.91. The zero-order valence-electron chi connectivity index (χ0n) is 11.7. The van der Waals surface area contributed by atoms with E-state index in [0.717, 1.165) is 21.3 Å². The molecule has 108 valence electrons. The average molecular weight is 309 g/mol. The van der Waals surface area contributed by atoms with Crippen LogP contribution in [-0.2, 0) is 0 Å². The molecule has 0 saturated carbocycles. The van der Waals surface area contributed by atoms with Gasteiger partial charge in [-0.2, -0.15) is 0 Å². The predicted octanol–water partition coefficient (Wildman–Crippen LogP) is 2.16. The van der Waals surface area contributed by atoms with Crippen molar-refractivity contribution in [2.45, 2.75) is 13.0 Å². The van der Waals surface area contributed by atoms with Gasteiger partial charge < -0.3 is 5.32 Å². The molecule has 1 aromatic carbocycles. The van der Waals surface area contributed by atoms with Crippen LogP contribution in [0.25, 0.3) is 21.3 Å². The predicted molar refractivity (Wildman–Crippen MR) is 85.8 cm³/mol. The van der Waals surface area contributed by atoms with Gasteiger partial charge >= 0.3 is 6.03 Å². The van der Waals surface area contributed by atoms with Gasteiger partial charge in [-0.25, -0.2) is 9.78 Å². The van der Waals surface area contributed by atoms with Gasteiger partial charge in [0.15, 0.2) is 5.13 Å². The van der Waals surface area contributed by atoms with Crippen LogP contribution in [0, 0.1) is 11.8 Å². The molecule has 0 bridgehead atoms. The third-order valence-corrected chi connectivity index (χ3v) is 4.50. The summed E-state index contributed by atoms with van der Waals surface area (Å²) >= 11 is 1.46. The third kappa shape index (κ3) is 1.89. The maximum absolute atomic E-state index is 12.1. The van der Waals surface area contributed by atoms with E-state index < -0.39 is 0 Å². The minimum atomic E-state index is -0.185. The van der Waals surface area contributed by atoms with Crippen molar-refractivity contribution in [3.05, 3.63) is 24.5 Å². The molecule has 1 saturated heterocycles. The Hall–Kier alpha value is -2.72. The Morgan fingerprint density at radius 3 is 3.05 bits per heavy atom. The normalized spacial score (nSPS) is 17.6. The molecule has 1 fully saturated rings. The average Bonchev–Trinajstić information content (AvgIpc) is 3.11. The van der Waals surface area contributed by atoms with E-state index in [1.54, 1.807) is 24.2 Å². The van der Waals surface area contributed by atoms with E-state index >= 15 is 0 Å². The number of urea groups is 1. The van der Waals surface area contributed by atoms with Crippen molar-refractivity contribution in [1.82, 2.24) is 20.3 Å². The fourth-order valence-corrected chi connectivity index (χ4v) is 3.54. The molecule has 0 spiro atoms. The molecule has 1 unspecified atom stereocenters. The van der Waals surface area contributed by atoms with Crippen molar-refractivity contribution < 1.29 is 4.79 Å². The minimum Gasteiger partial charge on any atom is -0.334 e. The van der Waals surface area contributed by atoms with Crippen LogP contribution in [0.3, 0.4) is 0 Å². The summed E-state index contributed by atoms with van der Waals surface area (Å²) in [6.07, 6.45) is 3.30. The first kappa shape index (κ1) is 13.0. The van der Waals surface area contributed by atoms with E-state index in [0.29, 0.717) is 11.7 Å². The van der Waals surface area contributed by atoms with Crippen molar-refractivity contribution in [3.8, 4) is 11.8 Å². The van der Waals surface area contributed by atoms with E-state index in [9.17, 15) is 4.79 Å². The van der Waals surface area contributed by atoms with Crippen LogP contribution in [-0.4, -0.2) is 33.6 Å². The van der Waals surface area contributed by atoms with Crippen molar-refractivity contribution in [2.24, 2.45) is 0 Å². The number of amides is 2. The first-order chi connectivity index (χ1) is 10.8. The first-order valence-corrected chi connectivity index (χ1v) is 7.59. The largest absolute Gasteiger partial charge is 0.334 e. The number of hydrogen-bond acceptors (Lipinski definition) is 5. The van der Waals surface area contributed by atoms with Crippen LogP contribution in [0.2, 0.25) is 0 Å². The number of thiazole rings is 1. The standard InChI is InChI=1S/C15H11N5OS/c1-2-3-9-8-18-14(21)20(9)15-19-13-11(22-15)5-4-10-12(13)17-7-6-16-10/h4-7,9H,8H2,1H3,(H,18,21). The van der Waals surface area contributed by atoms with Crippen LogP contribution in [0.4, 0.5) is 9.93 Å². The maximum atomic E-state index is 12.1. The monoisotopic (exact) mass is 309 g/mol. The smallest absolute Gasteiger partial charge is 0.324 e. The Balaban J connectivity index is 1.90. The Morgan fingerprint density at radius 1 is 1.32 bits per heavy atom. The zero-order chi connectivity index (χ0) is 15.1. The second-order valence-corrected chi connectivity index (χ2v) is 5.81. The molecule has 1 aliphatic rings. The van der Waals surface area contributed by atoms with Crippen molar-refractivity contribution in [1.29, 1.82) is 0 Å². The lowest BCUT2D eigenvalue weighted by molar-refractivity contribution is 0.252. The highest BCUT2D eigenvalue weighted by molar-refractivity contribution is 7.22. The number of benzene rings is 1. The number of rotatable bonds is 1. The van der Waals surface area contributed by atoms with Gasteiger partial charge in [-0.1, -0.05) is 17.3 Å². The summed E-state index contributed by atoms with van der Waals surface area (Å²) in [6.45, 7) is 2.28. The highest BCUT2D eigenvalue weighted by Gasteiger charge is 2.33. The van der Waals surface area contributed by atoms with Crippen molar-refractivity contribution >= 4 is 43.7 Å². The molecule has 3 aromatic rings. The van der Waals surface area contributed by atoms with Crippen LogP contribution in [0.5, 0.6) is 0 Å². The van der Waals surface area contributed by atoms with Gasteiger partial charge in [0.25, 0.3) is 0 Å². The molecule has 2 amide bonds. The highest BCUT2D eigenvalue weighted by Crippen LogP contribution is 2.33. The molecular formula is C15H11N5OS. The lowest BCUT2D eigenvalue weighted by Gasteiger charge is -2.14. The Labute approximate surface area is 130 Å². The van der Waals surface area contributed by atoms with Crippen LogP contribution >= 0.6 is 11.3 Å². The van der Waals surface area contributed by atoms with Gasteiger partial charge in [0.1, 0.15) is 17.1 Å². The molecule has 2 aromatic heterocycles. The highest BCUT2D eigenvalue weighted by atomic mass is 32.1. The number of nitrogens with zero attached hydrogens (tertiary/aromatic N) is 4. The summed E-state index contributed by atoms with van der Waals surface area (Å²) in [5.74, 6) is 5.90. The summed E-state index contributed by atoms with van der Waals surface area (Å²) in [4.78, 5) is 27.0. The molecule has 1 N–H and O–H groups in total. The van der Waals surface area contributed by atoms with Gasteiger partial charge in [0.05, 0.1) is 16.8 Å². The van der Waals surface area contributed by atoms with Gasteiger partial charge in [0, 0.05) is 12.4 Å². The summed E-state index contributed by atoms with van der Waals surface area (Å²) < 4.78 is 0.978. The second kappa shape index (κ2) is 4.93. The van der Waals surface area contributed by atoms with Crippen LogP contribution in [0.15, 0.2) is 24.5 Å². The number of aromatic nitrogens is 3.